The zero-order chi connectivity index (χ0) is 17.5. The molecule has 0 saturated carbocycles. The number of esters is 1. The van der Waals surface area contributed by atoms with E-state index in [0.29, 0.717) is 16.4 Å². The summed E-state index contributed by atoms with van der Waals surface area (Å²) in [7, 11) is 1.62. The minimum atomic E-state index is -0.667. The molecule has 0 bridgehead atoms. The summed E-state index contributed by atoms with van der Waals surface area (Å²) in [6.07, 6.45) is 2.58. The molecule has 0 radical (unpaired) electrons. The van der Waals surface area contributed by atoms with E-state index in [9.17, 15) is 14.0 Å². The van der Waals surface area contributed by atoms with Gasteiger partial charge in [-0.2, -0.15) is 0 Å². The smallest absolute Gasteiger partial charge is 0.331 e. The second-order valence-corrected chi connectivity index (χ2v) is 6.75. The number of hydrogen-bond donors (Lipinski definition) is 0. The van der Waals surface area contributed by atoms with Crippen LogP contribution < -0.4 is 0 Å². The van der Waals surface area contributed by atoms with Gasteiger partial charge in [-0.25, -0.2) is 9.18 Å². The molecule has 24 heavy (non-hydrogen) atoms. The molecule has 4 nitrogen and oxygen atoms in total. The molecule has 0 N–H and O–H groups in total. The molecule has 2 rings (SSSR count). The summed E-state index contributed by atoms with van der Waals surface area (Å²) in [5.41, 5.74) is 0.532. The highest BCUT2D eigenvalue weighted by Gasteiger charge is 2.12. The number of thiophene rings is 1. The molecular formula is C17H15ClFNO3S. The van der Waals surface area contributed by atoms with Crippen molar-refractivity contribution in [3.8, 4) is 0 Å². The fourth-order valence-electron chi connectivity index (χ4n) is 1.82. The first kappa shape index (κ1) is 18.2. The molecule has 0 saturated heterocycles. The Labute approximate surface area is 148 Å². The van der Waals surface area contributed by atoms with E-state index in [-0.39, 0.29) is 12.5 Å². The predicted octanol–water partition coefficient (Wildman–Crippen LogP) is 3.76. The van der Waals surface area contributed by atoms with Gasteiger partial charge < -0.3 is 9.64 Å². The number of ether oxygens (including phenoxy) is 1. The van der Waals surface area contributed by atoms with Gasteiger partial charge in [0.1, 0.15) is 5.82 Å². The van der Waals surface area contributed by atoms with Gasteiger partial charge in [-0.3, -0.25) is 4.79 Å². The van der Waals surface area contributed by atoms with Gasteiger partial charge in [-0.1, -0.05) is 23.7 Å². The number of nitrogens with zero attached hydrogens (tertiary/aromatic N) is 1. The summed E-state index contributed by atoms with van der Waals surface area (Å²) >= 11 is 7.22. The topological polar surface area (TPSA) is 46.6 Å². The van der Waals surface area contributed by atoms with Crippen molar-refractivity contribution < 1.29 is 18.7 Å². The summed E-state index contributed by atoms with van der Waals surface area (Å²) in [6, 6.07) is 9.38. The number of benzene rings is 1. The molecular weight excluding hydrogens is 353 g/mol. The molecule has 0 aliphatic heterocycles. The molecule has 0 aliphatic rings. The van der Waals surface area contributed by atoms with Crippen molar-refractivity contribution in [3.63, 3.8) is 0 Å². The van der Waals surface area contributed by atoms with Crippen LogP contribution >= 0.6 is 22.9 Å². The normalized spacial score (nSPS) is 10.8. The van der Waals surface area contributed by atoms with Crippen LogP contribution in [0.3, 0.4) is 0 Å². The average Bonchev–Trinajstić information content (AvgIpc) is 2.95. The highest BCUT2D eigenvalue weighted by atomic mass is 35.5. The first-order valence-electron chi connectivity index (χ1n) is 7.02. The van der Waals surface area contributed by atoms with E-state index in [2.05, 4.69) is 0 Å². The predicted molar refractivity (Wildman–Crippen MR) is 92.2 cm³/mol. The lowest BCUT2D eigenvalue weighted by atomic mass is 10.2. The summed E-state index contributed by atoms with van der Waals surface area (Å²) in [4.78, 5) is 25.9. The Bertz CT molecular complexity index is 760. The number of rotatable bonds is 6. The molecule has 7 heteroatoms. The van der Waals surface area contributed by atoms with Gasteiger partial charge >= 0.3 is 5.97 Å². The maximum atomic E-state index is 13.0. The van der Waals surface area contributed by atoms with Gasteiger partial charge in [0.05, 0.1) is 10.9 Å². The molecule has 1 aromatic carbocycles. The van der Waals surface area contributed by atoms with Gasteiger partial charge in [-0.05, 0) is 35.9 Å². The van der Waals surface area contributed by atoms with E-state index in [0.717, 1.165) is 11.0 Å². The third-order valence-corrected chi connectivity index (χ3v) is 4.26. The van der Waals surface area contributed by atoms with Crippen molar-refractivity contribution >= 4 is 40.9 Å². The number of carbonyl (C=O) groups excluding carboxylic acids is 2. The van der Waals surface area contributed by atoms with Crippen LogP contribution in [0, 0.1) is 5.82 Å². The van der Waals surface area contributed by atoms with Crippen LogP contribution in [0.4, 0.5) is 4.39 Å². The number of carbonyl (C=O) groups is 2. The Balaban J connectivity index is 1.79. The first-order chi connectivity index (χ1) is 11.4. The van der Waals surface area contributed by atoms with Crippen molar-refractivity contribution in [3.05, 3.63) is 63.1 Å². The Morgan fingerprint density at radius 2 is 2.12 bits per heavy atom. The third kappa shape index (κ3) is 5.79. The Hall–Kier alpha value is -2.18. The van der Waals surface area contributed by atoms with Crippen LogP contribution in [0.25, 0.3) is 6.08 Å². The van der Waals surface area contributed by atoms with E-state index in [1.165, 1.54) is 40.5 Å². The van der Waals surface area contributed by atoms with Crippen molar-refractivity contribution in [1.82, 2.24) is 4.90 Å². The van der Waals surface area contributed by atoms with E-state index >= 15 is 0 Å². The highest BCUT2D eigenvalue weighted by molar-refractivity contribution is 7.16. The van der Waals surface area contributed by atoms with Gasteiger partial charge in [0.15, 0.2) is 6.61 Å². The first-order valence-corrected chi connectivity index (χ1v) is 8.22. The van der Waals surface area contributed by atoms with E-state index in [1.54, 1.807) is 19.2 Å². The van der Waals surface area contributed by atoms with E-state index in [1.807, 2.05) is 6.07 Å². The van der Waals surface area contributed by atoms with E-state index < -0.39 is 11.8 Å². The fourth-order valence-corrected chi connectivity index (χ4v) is 2.97. The van der Waals surface area contributed by atoms with Crippen LogP contribution in [0.2, 0.25) is 4.34 Å². The number of halogens is 2. The molecule has 1 heterocycles. The summed E-state index contributed by atoms with van der Waals surface area (Å²) in [6.45, 7) is 0.0365. The molecule has 0 fully saturated rings. The quantitative estimate of drug-likeness (QED) is 0.577. The second-order valence-electron chi connectivity index (χ2n) is 4.95. The molecule has 0 aliphatic carbocycles. The molecule has 2 aromatic rings. The Morgan fingerprint density at radius 3 is 2.79 bits per heavy atom. The zero-order valence-corrected chi connectivity index (χ0v) is 14.4. The Kier molecular flexibility index (Phi) is 6.52. The summed E-state index contributed by atoms with van der Waals surface area (Å²) in [5.74, 6) is -1.39. The number of amides is 1. The average molecular weight is 368 g/mol. The lowest BCUT2D eigenvalue weighted by molar-refractivity contribution is -0.147. The van der Waals surface area contributed by atoms with Crippen LogP contribution in [-0.2, 0) is 20.9 Å². The molecule has 1 aromatic heterocycles. The Morgan fingerprint density at radius 1 is 1.33 bits per heavy atom. The van der Waals surface area contributed by atoms with Gasteiger partial charge in [-0.15, -0.1) is 11.3 Å². The van der Waals surface area contributed by atoms with Gasteiger partial charge in [0.2, 0.25) is 0 Å². The van der Waals surface area contributed by atoms with Crippen LogP contribution in [0.5, 0.6) is 0 Å². The largest absolute Gasteiger partial charge is 0.452 e. The minimum Gasteiger partial charge on any atom is -0.452 e. The number of hydrogen-bond acceptors (Lipinski definition) is 4. The fraction of sp³-hybridized carbons (Fsp3) is 0.176. The van der Waals surface area contributed by atoms with Crippen LogP contribution in [0.1, 0.15) is 10.4 Å². The second kappa shape index (κ2) is 8.61. The monoisotopic (exact) mass is 367 g/mol. The van der Waals surface area contributed by atoms with Crippen LogP contribution in [-0.4, -0.2) is 30.4 Å². The van der Waals surface area contributed by atoms with Crippen LogP contribution in [0.15, 0.2) is 42.5 Å². The summed E-state index contributed by atoms with van der Waals surface area (Å²) in [5, 5.41) is 0. The molecule has 0 spiro atoms. The standard InChI is InChI=1S/C17H15ClFNO3S/c1-20(10-14-6-7-15(18)24-14)16(21)11-23-17(22)8-5-12-3-2-4-13(19)9-12/h2-9H,10-11H2,1H3/b8-5+. The minimum absolute atomic E-state index is 0.327. The number of likely N-dealkylation sites (N-methyl/N-ethyl adjacent to an activating group) is 1. The van der Waals surface area contributed by atoms with Gasteiger partial charge in [0.25, 0.3) is 5.91 Å². The molecule has 1 amide bonds. The van der Waals surface area contributed by atoms with Crippen molar-refractivity contribution in [2.75, 3.05) is 13.7 Å². The molecule has 0 unspecified atom stereocenters. The maximum absolute atomic E-state index is 13.0. The maximum Gasteiger partial charge on any atom is 0.331 e. The summed E-state index contributed by atoms with van der Waals surface area (Å²) < 4.78 is 18.5. The van der Waals surface area contributed by atoms with Gasteiger partial charge in [0, 0.05) is 18.0 Å². The highest BCUT2D eigenvalue weighted by Crippen LogP contribution is 2.22. The van der Waals surface area contributed by atoms with E-state index in [4.69, 9.17) is 16.3 Å². The molecule has 126 valence electrons. The van der Waals surface area contributed by atoms with Crippen molar-refractivity contribution in [2.24, 2.45) is 0 Å². The SMILES string of the molecule is CN(Cc1ccc(Cl)s1)C(=O)COC(=O)/C=C/c1cccc(F)c1. The third-order valence-electron chi connectivity index (χ3n) is 3.05. The zero-order valence-electron chi connectivity index (χ0n) is 12.9. The van der Waals surface area contributed by atoms with Crippen molar-refractivity contribution in [1.29, 1.82) is 0 Å². The van der Waals surface area contributed by atoms with Crippen molar-refractivity contribution in [2.45, 2.75) is 6.54 Å². The lowest BCUT2D eigenvalue weighted by Gasteiger charge is -2.15. The molecule has 0 atom stereocenters. The lowest BCUT2D eigenvalue weighted by Crippen LogP contribution is -2.30.